The van der Waals surface area contributed by atoms with Crippen LogP contribution in [0.3, 0.4) is 0 Å². The van der Waals surface area contributed by atoms with Crippen LogP contribution in [-0.2, 0) is 43.5 Å². The Hall–Kier alpha value is -7.80. The van der Waals surface area contributed by atoms with Crippen LogP contribution in [-0.4, -0.2) is 95.2 Å². The molecule has 0 bridgehead atoms. The van der Waals surface area contributed by atoms with E-state index in [0.717, 1.165) is 38.9 Å². The second-order valence-electron chi connectivity index (χ2n) is 20.7. The number of benzene rings is 7. The Bertz CT molecular complexity index is 3190. The number of nitrogens with one attached hydrogen (secondary N) is 4. The van der Waals surface area contributed by atoms with Gasteiger partial charge in [0.15, 0.2) is 0 Å². The van der Waals surface area contributed by atoms with Crippen LogP contribution in [0.25, 0.3) is 0 Å². The van der Waals surface area contributed by atoms with Gasteiger partial charge in [-0.15, -0.1) is 23.5 Å². The van der Waals surface area contributed by atoms with Crippen molar-refractivity contribution in [2.75, 3.05) is 11.5 Å². The first-order valence-corrected chi connectivity index (χ1v) is 31.3. The molecule has 0 aliphatic rings. The lowest BCUT2D eigenvalue weighted by Crippen LogP contribution is -2.58. The molecule has 84 heavy (non-hydrogen) atoms. The maximum atomic E-state index is 14.9. The number of aliphatic hydroxyl groups is 2. The minimum atomic E-state index is -4.34. The lowest BCUT2D eigenvalue weighted by molar-refractivity contribution is -0.140. The fraction of sp³-hybridized carbons (Fsp3) is 0.269. The van der Waals surface area contributed by atoms with Crippen LogP contribution in [0.15, 0.2) is 223 Å². The number of rotatable bonds is 30. The molecule has 4 amide bonds. The molecule has 0 radical (unpaired) electrons. The van der Waals surface area contributed by atoms with Gasteiger partial charge in [0.05, 0.1) is 45.5 Å². The first kappa shape index (κ1) is 63.8. The second kappa shape index (κ2) is 30.7. The molecule has 0 aliphatic heterocycles. The highest BCUT2D eigenvalue weighted by Gasteiger charge is 2.41. The molecule has 0 saturated carbocycles. The number of carboxylic acid groups (broad SMARTS) is 1. The van der Waals surface area contributed by atoms with Crippen molar-refractivity contribution in [3.63, 3.8) is 0 Å². The average Bonchev–Trinajstić information content (AvgIpc) is 1.45. The number of carbonyl (C=O) groups excluding carboxylic acids is 4. The van der Waals surface area contributed by atoms with E-state index in [-0.39, 0.29) is 10.6 Å². The van der Waals surface area contributed by atoms with Gasteiger partial charge in [-0.3, -0.25) is 24.0 Å². The van der Waals surface area contributed by atoms with Crippen molar-refractivity contribution in [2.24, 2.45) is 5.92 Å². The van der Waals surface area contributed by atoms with Crippen LogP contribution in [0, 0.1) is 12.8 Å². The Balaban J connectivity index is 1.15. The molecule has 7 aromatic rings. The maximum Gasteiger partial charge on any atom is 0.306 e. The number of aryl methyl sites for hydroxylation is 1. The number of sulfonamides is 1. The third-order valence-electron chi connectivity index (χ3n) is 14.3. The van der Waals surface area contributed by atoms with Gasteiger partial charge in [-0.2, -0.15) is 0 Å². The average molecular weight is 1190 g/mol. The Kier molecular flexibility index (Phi) is 23.3. The summed E-state index contributed by atoms with van der Waals surface area (Å²) in [5, 5.41) is 40.3. The number of carboxylic acids is 1. The summed E-state index contributed by atoms with van der Waals surface area (Å²) < 4.78 is 27.1. The molecule has 0 fully saturated rings. The summed E-state index contributed by atoms with van der Waals surface area (Å²) in [5.74, 6) is -4.75. The Labute approximate surface area is 501 Å². The molecule has 7 N–H and O–H groups in total. The predicted octanol–water partition coefficient (Wildman–Crippen LogP) is 9.67. The second-order valence-corrected chi connectivity index (χ2v) is 24.9. The third-order valence-corrected chi connectivity index (χ3v) is 18.9. The number of aliphatic carboxylic acids is 1. The van der Waals surface area contributed by atoms with E-state index in [1.54, 1.807) is 50.7 Å². The largest absolute Gasteiger partial charge is 0.481 e. The normalized spacial score (nSPS) is 13.7. The van der Waals surface area contributed by atoms with Crippen molar-refractivity contribution in [3.05, 3.63) is 257 Å². The highest BCUT2D eigenvalue weighted by molar-refractivity contribution is 8.01. The van der Waals surface area contributed by atoms with E-state index in [2.05, 4.69) is 52.3 Å². The van der Waals surface area contributed by atoms with Crippen LogP contribution < -0.4 is 20.7 Å². The van der Waals surface area contributed by atoms with Crippen molar-refractivity contribution >= 4 is 63.1 Å². The summed E-state index contributed by atoms with van der Waals surface area (Å²) >= 11 is 3.07. The van der Waals surface area contributed by atoms with Gasteiger partial charge in [0.2, 0.25) is 23.6 Å². The summed E-state index contributed by atoms with van der Waals surface area (Å²) in [6.07, 6.45) is -1.23. The number of aliphatic hydroxyl groups excluding tert-OH is 2. The Morgan fingerprint density at radius 1 is 0.536 bits per heavy atom. The molecule has 0 aliphatic carbocycles. The molecular weight excluding hydrogens is 1120 g/mol. The first-order valence-electron chi connectivity index (χ1n) is 27.8. The van der Waals surface area contributed by atoms with Gasteiger partial charge in [0, 0.05) is 12.2 Å². The SMILES string of the molecule is Cc1ccc(S(=O)(=O)NC(=O)CC[C@@H](NC(=O)C[C@H](O)/C=C/CCSC(c2ccccc2)(c2ccccc2)c2ccccc2)C(=O)N[C@H](CSC(c2ccccc2)(c2ccccc2)c2ccccc2)C(=O)N[C@H](C(C)C)[C@@H](O)CC(=O)O)cc1. The minimum absolute atomic E-state index is 0.142. The van der Waals surface area contributed by atoms with Gasteiger partial charge in [0.25, 0.3) is 10.0 Å². The van der Waals surface area contributed by atoms with Gasteiger partial charge in [0.1, 0.15) is 12.1 Å². The quantitative estimate of drug-likeness (QED) is 0.0127. The van der Waals surface area contributed by atoms with E-state index in [1.165, 1.54) is 30.0 Å². The molecule has 0 aromatic heterocycles. The van der Waals surface area contributed by atoms with Crippen molar-refractivity contribution < 1.29 is 47.7 Å². The summed E-state index contributed by atoms with van der Waals surface area (Å²) in [5.41, 5.74) is 6.61. The number of amides is 4. The number of hydrogen-bond donors (Lipinski definition) is 7. The van der Waals surface area contributed by atoms with Gasteiger partial charge < -0.3 is 31.3 Å². The molecule has 0 spiro atoms. The molecule has 0 unspecified atom stereocenters. The van der Waals surface area contributed by atoms with E-state index >= 15 is 0 Å². The Morgan fingerprint density at radius 2 is 0.952 bits per heavy atom. The third kappa shape index (κ3) is 16.9. The number of hydrogen-bond acceptors (Lipinski definition) is 11. The fourth-order valence-corrected chi connectivity index (χ4v) is 14.1. The standard InChI is InChI=1S/C67H72N4O10S3/c1-47(2)63(59(73)45-62(76)77)70-65(79)58(46-83-67(52-30-16-7-17-31-52,53-32-18-8-19-33-53)54-34-20-9-21-35-54)69-64(78)57(41-42-60(74)71-84(80,81)56-39-37-48(3)38-40-56)68-61(75)44-55(72)36-22-23-43-82-66(49-24-10-4-11-25-49,50-26-12-5-13-27-50)51-28-14-6-15-29-51/h4-22,24-40,47,55,57-59,63,72-73H,23,41-46H2,1-3H3,(H,68,75)(H,69,78)(H,70,79)(H,71,74)(H,76,77)/b36-22+/t55-,57-,58-,59+,63-/m1/s1. The fourth-order valence-electron chi connectivity index (χ4n) is 10.0. The molecule has 7 aromatic carbocycles. The van der Waals surface area contributed by atoms with Crippen LogP contribution in [0.1, 0.15) is 84.9 Å². The van der Waals surface area contributed by atoms with Crippen molar-refractivity contribution in [2.45, 2.75) is 97.6 Å². The molecule has 14 nitrogen and oxygen atoms in total. The lowest BCUT2D eigenvalue weighted by atomic mass is 9.84. The van der Waals surface area contributed by atoms with E-state index in [4.69, 9.17) is 0 Å². The Morgan fingerprint density at radius 3 is 1.37 bits per heavy atom. The number of allylic oxidation sites excluding steroid dienone is 1. The first-order chi connectivity index (χ1) is 40.4. The van der Waals surface area contributed by atoms with Crippen LogP contribution in [0.2, 0.25) is 0 Å². The number of carbonyl (C=O) groups is 5. The summed E-state index contributed by atoms with van der Waals surface area (Å²) in [7, 11) is -4.34. The van der Waals surface area contributed by atoms with E-state index in [0.29, 0.717) is 12.2 Å². The molecule has 438 valence electrons. The minimum Gasteiger partial charge on any atom is -0.481 e. The van der Waals surface area contributed by atoms with Crippen LogP contribution in [0.5, 0.6) is 0 Å². The van der Waals surface area contributed by atoms with Crippen molar-refractivity contribution in [1.29, 1.82) is 0 Å². The van der Waals surface area contributed by atoms with Gasteiger partial charge >= 0.3 is 5.97 Å². The van der Waals surface area contributed by atoms with E-state index < -0.39 is 111 Å². The highest BCUT2D eigenvalue weighted by Crippen LogP contribution is 2.50. The van der Waals surface area contributed by atoms with E-state index in [9.17, 15) is 47.7 Å². The van der Waals surface area contributed by atoms with Crippen molar-refractivity contribution in [1.82, 2.24) is 20.7 Å². The predicted molar refractivity (Wildman–Crippen MR) is 332 cm³/mol. The number of thioether (sulfide) groups is 2. The van der Waals surface area contributed by atoms with Crippen LogP contribution in [0.4, 0.5) is 0 Å². The maximum absolute atomic E-state index is 14.9. The monoisotopic (exact) mass is 1190 g/mol. The summed E-state index contributed by atoms with van der Waals surface area (Å²) in [6, 6.07) is 61.3. The summed E-state index contributed by atoms with van der Waals surface area (Å²) in [6.45, 7) is 5.19. The molecule has 7 rings (SSSR count). The molecule has 0 heterocycles. The molecule has 0 saturated heterocycles. The zero-order valence-electron chi connectivity index (χ0n) is 47.1. The van der Waals surface area contributed by atoms with Gasteiger partial charge in [-0.1, -0.05) is 226 Å². The zero-order chi connectivity index (χ0) is 60.1. The lowest BCUT2D eigenvalue weighted by Gasteiger charge is -2.37. The van der Waals surface area contributed by atoms with E-state index in [1.807, 2.05) is 150 Å². The summed E-state index contributed by atoms with van der Waals surface area (Å²) in [4.78, 5) is 69.0. The topological polar surface area (TPSA) is 228 Å². The molecule has 5 atom stereocenters. The highest BCUT2D eigenvalue weighted by atomic mass is 32.2. The van der Waals surface area contributed by atoms with Gasteiger partial charge in [-0.25, -0.2) is 13.1 Å². The van der Waals surface area contributed by atoms with Crippen LogP contribution >= 0.6 is 23.5 Å². The van der Waals surface area contributed by atoms with Crippen molar-refractivity contribution in [3.8, 4) is 0 Å². The zero-order valence-corrected chi connectivity index (χ0v) is 49.6. The molecular formula is C67H72N4O10S3. The van der Waals surface area contributed by atoms with Gasteiger partial charge in [-0.05, 0) is 76.9 Å². The smallest absolute Gasteiger partial charge is 0.306 e. The molecule has 17 heteroatoms.